The number of anilines is 3. The topological polar surface area (TPSA) is 123 Å². The lowest BCUT2D eigenvalue weighted by atomic mass is 9.87. The van der Waals surface area contributed by atoms with Gasteiger partial charge in [0.25, 0.3) is 0 Å². The van der Waals surface area contributed by atoms with E-state index in [4.69, 9.17) is 14.2 Å². The van der Waals surface area contributed by atoms with E-state index < -0.39 is 46.8 Å². The molecule has 0 bridgehead atoms. The molecule has 15 heteroatoms. The van der Waals surface area contributed by atoms with E-state index in [1.165, 1.54) is 23.4 Å². The van der Waals surface area contributed by atoms with Gasteiger partial charge in [-0.05, 0) is 81.4 Å². The number of barbiturate groups is 1. The van der Waals surface area contributed by atoms with Crippen molar-refractivity contribution in [2.75, 3.05) is 60.6 Å². The maximum atomic E-state index is 14.9. The molecule has 0 aliphatic carbocycles. The molecule has 0 spiro atoms. The van der Waals surface area contributed by atoms with E-state index >= 15 is 0 Å². The molecule has 4 amide bonds. The van der Waals surface area contributed by atoms with Gasteiger partial charge in [0.15, 0.2) is 0 Å². The molecule has 3 fully saturated rings. The number of urea groups is 1. The summed E-state index contributed by atoms with van der Waals surface area (Å²) in [5, 5.41) is 4.10. The summed E-state index contributed by atoms with van der Waals surface area (Å²) in [4.78, 5) is 49.5. The number of nitrogens with zero attached hydrogens (tertiary/aromatic N) is 7. The number of ether oxygens (including phenoxy) is 3. The number of amides is 4. The van der Waals surface area contributed by atoms with Crippen molar-refractivity contribution in [2.45, 2.75) is 39.2 Å². The second-order valence-electron chi connectivity index (χ2n) is 13.4. The minimum atomic E-state index is -1.53. The lowest BCUT2D eigenvalue weighted by Gasteiger charge is -2.40. The SMILES string of the molecule is CCN1C(=O)N(c2ccc(N3CCN(c4ccc(OC[C@@H]5CO[C@@](Cn6cncn6)(c6ccc(F)cc6F)O5)cc4)CC3)cc2)C(=O)C(C)(C)C1=O. The van der Waals surface area contributed by atoms with Crippen molar-refractivity contribution < 1.29 is 37.4 Å². The van der Waals surface area contributed by atoms with Crippen molar-refractivity contribution in [3.8, 4) is 5.75 Å². The molecule has 4 heterocycles. The molecular weight excluding hydrogens is 676 g/mol. The Balaban J connectivity index is 0.931. The number of imide groups is 2. The lowest BCUT2D eigenvalue weighted by Crippen LogP contribution is -2.63. The highest BCUT2D eigenvalue weighted by Crippen LogP contribution is 2.38. The Morgan fingerprint density at radius 3 is 2.10 bits per heavy atom. The second kappa shape index (κ2) is 14.0. The number of rotatable bonds is 10. The minimum absolute atomic E-state index is 0.0134. The summed E-state index contributed by atoms with van der Waals surface area (Å²) >= 11 is 0. The van der Waals surface area contributed by atoms with Crippen LogP contribution in [-0.2, 0) is 31.4 Å². The fourth-order valence-corrected chi connectivity index (χ4v) is 6.77. The monoisotopic (exact) mass is 715 g/mol. The van der Waals surface area contributed by atoms with E-state index in [-0.39, 0.29) is 31.9 Å². The lowest BCUT2D eigenvalue weighted by molar-refractivity contribution is -0.192. The zero-order valence-corrected chi connectivity index (χ0v) is 29.1. The van der Waals surface area contributed by atoms with Crippen LogP contribution >= 0.6 is 0 Å². The summed E-state index contributed by atoms with van der Waals surface area (Å²) in [5.41, 5.74) is 1.17. The number of hydrogen-bond donors (Lipinski definition) is 0. The highest BCUT2D eigenvalue weighted by atomic mass is 19.1. The molecule has 0 radical (unpaired) electrons. The van der Waals surface area contributed by atoms with Gasteiger partial charge in [0.05, 0.1) is 12.3 Å². The molecule has 0 unspecified atom stereocenters. The molecule has 0 saturated carbocycles. The number of piperazine rings is 1. The summed E-state index contributed by atoms with van der Waals surface area (Å²) < 4.78 is 48.3. The second-order valence-corrected chi connectivity index (χ2v) is 13.4. The van der Waals surface area contributed by atoms with Crippen LogP contribution in [0.4, 0.5) is 30.6 Å². The molecule has 3 aliphatic rings. The first-order valence-corrected chi connectivity index (χ1v) is 17.1. The van der Waals surface area contributed by atoms with Gasteiger partial charge in [-0.1, -0.05) is 0 Å². The average Bonchev–Trinajstić information content (AvgIpc) is 3.81. The molecule has 52 heavy (non-hydrogen) atoms. The van der Waals surface area contributed by atoms with Crippen molar-refractivity contribution in [3.05, 3.63) is 96.6 Å². The van der Waals surface area contributed by atoms with Crippen LogP contribution < -0.4 is 19.4 Å². The first kappa shape index (κ1) is 35.0. The largest absolute Gasteiger partial charge is 0.491 e. The van der Waals surface area contributed by atoms with Crippen LogP contribution in [-0.4, -0.2) is 89.6 Å². The number of hydrogen-bond acceptors (Lipinski definition) is 10. The standard InChI is InChI=1S/C37H39F2N7O6/c1-4-45-33(47)36(2,3)34(48)46(35(45)49)28-8-6-26(7-9-28)42-15-17-43(18-16-42)27-10-12-29(13-11-27)50-20-30-21-51-37(52-30,22-44-24-40-23-41-44)31-14-5-25(38)19-32(31)39/h5-14,19,23-24,30H,4,15-18,20-22H2,1-3H3/t30-,37-/m1/s1. The molecule has 2 atom stereocenters. The van der Waals surface area contributed by atoms with E-state index in [9.17, 15) is 23.2 Å². The molecule has 4 aromatic rings. The molecule has 7 rings (SSSR count). The number of halogens is 2. The van der Waals surface area contributed by atoms with Gasteiger partial charge in [0.2, 0.25) is 17.6 Å². The highest BCUT2D eigenvalue weighted by Gasteiger charge is 2.51. The highest BCUT2D eigenvalue weighted by molar-refractivity contribution is 6.29. The Morgan fingerprint density at radius 2 is 1.50 bits per heavy atom. The maximum Gasteiger partial charge on any atom is 0.338 e. The first-order chi connectivity index (χ1) is 25.0. The van der Waals surface area contributed by atoms with Crippen molar-refractivity contribution in [1.29, 1.82) is 0 Å². The van der Waals surface area contributed by atoms with Gasteiger partial charge < -0.3 is 24.0 Å². The third-order valence-corrected chi connectivity index (χ3v) is 9.68. The van der Waals surface area contributed by atoms with Crippen LogP contribution in [0.15, 0.2) is 79.4 Å². The Bertz CT molecular complexity index is 1930. The molecule has 1 aromatic heterocycles. The van der Waals surface area contributed by atoms with Crippen molar-refractivity contribution in [2.24, 2.45) is 5.41 Å². The summed E-state index contributed by atoms with van der Waals surface area (Å²) in [5.74, 6) is -3.41. The smallest absolute Gasteiger partial charge is 0.338 e. The Hall–Kier alpha value is -5.41. The number of carbonyl (C=O) groups is 3. The van der Waals surface area contributed by atoms with Gasteiger partial charge >= 0.3 is 6.03 Å². The van der Waals surface area contributed by atoms with E-state index in [0.717, 1.165) is 59.5 Å². The normalized spacial score (nSPS) is 22.0. The molecule has 3 saturated heterocycles. The average molecular weight is 716 g/mol. The van der Waals surface area contributed by atoms with E-state index in [0.29, 0.717) is 11.4 Å². The predicted octanol–water partition coefficient (Wildman–Crippen LogP) is 4.57. The third-order valence-electron chi connectivity index (χ3n) is 9.68. The van der Waals surface area contributed by atoms with E-state index in [1.54, 1.807) is 32.9 Å². The molecule has 3 aromatic carbocycles. The van der Waals surface area contributed by atoms with Crippen molar-refractivity contribution in [1.82, 2.24) is 19.7 Å². The molecule has 13 nitrogen and oxygen atoms in total. The van der Waals surface area contributed by atoms with Crippen LogP contribution in [0.2, 0.25) is 0 Å². The van der Waals surface area contributed by atoms with E-state index in [2.05, 4.69) is 19.9 Å². The van der Waals surface area contributed by atoms with Gasteiger partial charge in [-0.3, -0.25) is 14.5 Å². The summed E-state index contributed by atoms with van der Waals surface area (Å²) in [6, 6.07) is 17.7. The zero-order valence-electron chi connectivity index (χ0n) is 29.1. The van der Waals surface area contributed by atoms with Gasteiger partial charge in [-0.2, -0.15) is 5.10 Å². The quantitative estimate of drug-likeness (QED) is 0.216. The number of carbonyl (C=O) groups excluding carboxylic acids is 3. The van der Waals surface area contributed by atoms with Crippen LogP contribution in [0.5, 0.6) is 5.75 Å². The maximum absolute atomic E-state index is 14.9. The van der Waals surface area contributed by atoms with Crippen LogP contribution in [0.3, 0.4) is 0 Å². The minimum Gasteiger partial charge on any atom is -0.491 e. The fourth-order valence-electron chi connectivity index (χ4n) is 6.77. The molecule has 272 valence electrons. The van der Waals surface area contributed by atoms with Gasteiger partial charge in [-0.25, -0.2) is 28.1 Å². The van der Waals surface area contributed by atoms with Gasteiger partial charge in [0.1, 0.15) is 54.7 Å². The predicted molar refractivity (Wildman–Crippen MR) is 186 cm³/mol. The van der Waals surface area contributed by atoms with Crippen LogP contribution in [0.25, 0.3) is 0 Å². The van der Waals surface area contributed by atoms with Gasteiger partial charge in [0, 0.05) is 55.7 Å². The zero-order chi connectivity index (χ0) is 36.6. The molecular formula is C37H39F2N7O6. The van der Waals surface area contributed by atoms with E-state index in [1.807, 2.05) is 36.4 Å². The summed E-state index contributed by atoms with van der Waals surface area (Å²) in [7, 11) is 0. The number of benzene rings is 3. The summed E-state index contributed by atoms with van der Waals surface area (Å²) in [6.07, 6.45) is 2.29. The van der Waals surface area contributed by atoms with Crippen LogP contribution in [0, 0.1) is 17.0 Å². The first-order valence-electron chi connectivity index (χ1n) is 17.1. The number of aromatic nitrogens is 3. The molecule has 0 N–H and O–H groups in total. The summed E-state index contributed by atoms with van der Waals surface area (Å²) in [6.45, 7) is 8.33. The fraction of sp³-hybridized carbons (Fsp3) is 0.378. The van der Waals surface area contributed by atoms with Crippen molar-refractivity contribution >= 4 is 34.9 Å². The Morgan fingerprint density at radius 1 is 0.865 bits per heavy atom. The van der Waals surface area contributed by atoms with Crippen LogP contribution in [0.1, 0.15) is 26.3 Å². The van der Waals surface area contributed by atoms with Gasteiger partial charge in [-0.15, -0.1) is 0 Å². The van der Waals surface area contributed by atoms with Crippen molar-refractivity contribution in [3.63, 3.8) is 0 Å². The Labute approximate surface area is 299 Å². The molecule has 3 aliphatic heterocycles. The Kier molecular flexibility index (Phi) is 9.40. The third kappa shape index (κ3) is 6.57.